The average molecular weight is 370 g/mol. The highest BCUT2D eigenvalue weighted by Gasteiger charge is 2.31. The van der Waals surface area contributed by atoms with Crippen LogP contribution < -0.4 is 9.62 Å². The third kappa shape index (κ3) is 2.98. The van der Waals surface area contributed by atoms with Crippen molar-refractivity contribution in [2.24, 2.45) is 0 Å². The number of benzene rings is 2. The van der Waals surface area contributed by atoms with Gasteiger partial charge < -0.3 is 4.90 Å². The van der Waals surface area contributed by atoms with E-state index >= 15 is 0 Å². The summed E-state index contributed by atoms with van der Waals surface area (Å²) < 4.78 is 28.4. The second kappa shape index (κ2) is 6.43. The van der Waals surface area contributed by atoms with E-state index < -0.39 is 10.0 Å². The molecule has 4 rings (SSSR count). The molecule has 2 heterocycles. The maximum Gasteiger partial charge on any atom is 0.261 e. The lowest BCUT2D eigenvalue weighted by molar-refractivity contribution is -0.119. The van der Waals surface area contributed by atoms with Gasteiger partial charge in [-0.2, -0.15) is 0 Å². The number of nitrogens with one attached hydrogen (secondary N) is 1. The van der Waals surface area contributed by atoms with Crippen LogP contribution in [0.15, 0.2) is 41.3 Å². The summed E-state index contributed by atoms with van der Waals surface area (Å²) in [7, 11) is -3.66. The molecule has 0 unspecified atom stereocenters. The molecule has 2 aromatic carbocycles. The van der Waals surface area contributed by atoms with E-state index in [1.54, 1.807) is 24.3 Å². The molecule has 2 aliphatic heterocycles. The van der Waals surface area contributed by atoms with Crippen molar-refractivity contribution in [1.82, 2.24) is 0 Å². The number of sulfonamides is 1. The van der Waals surface area contributed by atoms with Gasteiger partial charge in [-0.1, -0.05) is 19.1 Å². The van der Waals surface area contributed by atoms with Gasteiger partial charge in [-0.25, -0.2) is 8.42 Å². The molecule has 2 aromatic rings. The van der Waals surface area contributed by atoms with Gasteiger partial charge in [0.15, 0.2) is 0 Å². The van der Waals surface area contributed by atoms with Gasteiger partial charge in [-0.3, -0.25) is 9.52 Å². The molecule has 0 bridgehead atoms. The molecule has 1 amide bonds. The Bertz CT molecular complexity index is 948. The second-order valence-corrected chi connectivity index (χ2v) is 8.58. The highest BCUT2D eigenvalue weighted by Crippen LogP contribution is 2.37. The van der Waals surface area contributed by atoms with Crippen LogP contribution in [0.3, 0.4) is 0 Å². The predicted octanol–water partition coefficient (Wildman–Crippen LogP) is 3.28. The number of amides is 1. The zero-order valence-electron chi connectivity index (χ0n) is 14.8. The summed E-state index contributed by atoms with van der Waals surface area (Å²) in [5.41, 5.74) is 4.59. The zero-order valence-corrected chi connectivity index (χ0v) is 15.6. The summed E-state index contributed by atoms with van der Waals surface area (Å²) in [6.45, 7) is 2.79. The SMILES string of the molecule is CCc1ccc(NS(=O)(=O)c2cc3c4c(c2)CCC(=O)N4CCC3)cc1. The normalized spacial score (nSPS) is 16.3. The largest absolute Gasteiger partial charge is 0.312 e. The molecule has 0 aliphatic carbocycles. The Kier molecular flexibility index (Phi) is 4.23. The van der Waals surface area contributed by atoms with E-state index in [-0.39, 0.29) is 10.8 Å². The van der Waals surface area contributed by atoms with Crippen LogP contribution in [0.25, 0.3) is 0 Å². The molecule has 5 nitrogen and oxygen atoms in total. The molecular formula is C20H22N2O3S. The van der Waals surface area contributed by atoms with Crippen LogP contribution in [0.5, 0.6) is 0 Å². The second-order valence-electron chi connectivity index (χ2n) is 6.90. The summed E-state index contributed by atoms with van der Waals surface area (Å²) in [5, 5.41) is 0. The van der Waals surface area contributed by atoms with Crippen molar-refractivity contribution >= 4 is 27.3 Å². The topological polar surface area (TPSA) is 66.5 Å². The number of carbonyl (C=O) groups is 1. The highest BCUT2D eigenvalue weighted by molar-refractivity contribution is 7.92. The lowest BCUT2D eigenvalue weighted by Gasteiger charge is -2.35. The fraction of sp³-hybridized carbons (Fsp3) is 0.350. The van der Waals surface area contributed by atoms with E-state index in [0.717, 1.165) is 48.2 Å². The van der Waals surface area contributed by atoms with Crippen LogP contribution in [-0.4, -0.2) is 20.9 Å². The third-order valence-electron chi connectivity index (χ3n) is 5.17. The van der Waals surface area contributed by atoms with E-state index in [2.05, 4.69) is 11.6 Å². The Labute approximate surface area is 154 Å². The maximum absolute atomic E-state index is 12.9. The molecule has 26 heavy (non-hydrogen) atoms. The third-order valence-corrected chi connectivity index (χ3v) is 6.53. The summed E-state index contributed by atoms with van der Waals surface area (Å²) >= 11 is 0. The smallest absolute Gasteiger partial charge is 0.261 e. The molecule has 0 fully saturated rings. The molecular weight excluding hydrogens is 348 g/mol. The van der Waals surface area contributed by atoms with Crippen molar-refractivity contribution in [1.29, 1.82) is 0 Å². The highest BCUT2D eigenvalue weighted by atomic mass is 32.2. The first kappa shape index (κ1) is 17.1. The predicted molar refractivity (Wildman–Crippen MR) is 102 cm³/mol. The molecule has 2 aliphatic rings. The molecule has 6 heteroatoms. The molecule has 0 atom stereocenters. The number of rotatable bonds is 4. The Balaban J connectivity index is 1.70. The zero-order chi connectivity index (χ0) is 18.3. The van der Waals surface area contributed by atoms with E-state index in [9.17, 15) is 13.2 Å². The van der Waals surface area contributed by atoms with Gasteiger partial charge in [0.25, 0.3) is 10.0 Å². The van der Waals surface area contributed by atoms with E-state index in [4.69, 9.17) is 0 Å². The van der Waals surface area contributed by atoms with Crippen molar-refractivity contribution in [2.75, 3.05) is 16.2 Å². The lowest BCUT2D eigenvalue weighted by Crippen LogP contribution is -2.39. The summed E-state index contributed by atoms with van der Waals surface area (Å²) in [4.78, 5) is 14.2. The Hall–Kier alpha value is -2.34. The standard InChI is InChI=1S/C20H22N2O3S/c1-2-14-5-8-17(9-6-14)21-26(24,25)18-12-15-4-3-11-22-19(23)10-7-16(13-18)20(15)22/h5-6,8-9,12-13,21H,2-4,7,10-11H2,1H3. The molecule has 136 valence electrons. The van der Waals surface area contributed by atoms with Crippen LogP contribution in [0.1, 0.15) is 36.5 Å². The molecule has 0 saturated heterocycles. The van der Waals surface area contributed by atoms with Crippen molar-refractivity contribution in [3.05, 3.63) is 53.1 Å². The van der Waals surface area contributed by atoms with E-state index in [1.807, 2.05) is 17.0 Å². The van der Waals surface area contributed by atoms with Gasteiger partial charge in [0.2, 0.25) is 5.91 Å². The number of carbonyl (C=O) groups excluding carboxylic acids is 1. The Morgan fingerprint density at radius 3 is 2.42 bits per heavy atom. The molecule has 0 saturated carbocycles. The van der Waals surface area contributed by atoms with Gasteiger partial charge in [-0.05, 0) is 66.6 Å². The minimum atomic E-state index is -3.66. The van der Waals surface area contributed by atoms with Crippen molar-refractivity contribution < 1.29 is 13.2 Å². The van der Waals surface area contributed by atoms with E-state index in [1.165, 1.54) is 0 Å². The van der Waals surface area contributed by atoms with Crippen LogP contribution in [0.2, 0.25) is 0 Å². The fourth-order valence-electron chi connectivity index (χ4n) is 3.80. The van der Waals surface area contributed by atoms with Gasteiger partial charge >= 0.3 is 0 Å². The number of anilines is 2. The van der Waals surface area contributed by atoms with E-state index in [0.29, 0.717) is 18.5 Å². The first-order valence-corrected chi connectivity index (χ1v) is 10.5. The van der Waals surface area contributed by atoms with Crippen LogP contribution in [0.4, 0.5) is 11.4 Å². The van der Waals surface area contributed by atoms with Gasteiger partial charge in [-0.15, -0.1) is 0 Å². The summed E-state index contributed by atoms with van der Waals surface area (Å²) in [6.07, 6.45) is 3.64. The number of nitrogens with zero attached hydrogens (tertiary/aromatic N) is 1. The summed E-state index contributed by atoms with van der Waals surface area (Å²) in [6, 6.07) is 10.9. The van der Waals surface area contributed by atoms with Crippen molar-refractivity contribution in [2.45, 2.75) is 43.9 Å². The first-order chi connectivity index (χ1) is 12.5. The molecule has 0 spiro atoms. The minimum absolute atomic E-state index is 0.142. The van der Waals surface area contributed by atoms with Gasteiger partial charge in [0.05, 0.1) is 10.6 Å². The lowest BCUT2D eigenvalue weighted by atomic mass is 9.92. The number of hydrogen-bond donors (Lipinski definition) is 1. The molecule has 1 N–H and O–H groups in total. The maximum atomic E-state index is 12.9. The van der Waals surface area contributed by atoms with Crippen molar-refractivity contribution in [3.63, 3.8) is 0 Å². The first-order valence-electron chi connectivity index (χ1n) is 9.06. The molecule has 0 radical (unpaired) electrons. The fourth-order valence-corrected chi connectivity index (χ4v) is 4.96. The minimum Gasteiger partial charge on any atom is -0.312 e. The quantitative estimate of drug-likeness (QED) is 0.898. The van der Waals surface area contributed by atoms with Crippen LogP contribution in [0, 0.1) is 0 Å². The van der Waals surface area contributed by atoms with Gasteiger partial charge in [0, 0.05) is 18.7 Å². The molecule has 0 aromatic heterocycles. The summed E-state index contributed by atoms with van der Waals surface area (Å²) in [5.74, 6) is 0.142. The number of aryl methyl sites for hydroxylation is 3. The number of hydrogen-bond acceptors (Lipinski definition) is 3. The average Bonchev–Trinajstić information content (AvgIpc) is 2.65. The Morgan fingerprint density at radius 2 is 1.73 bits per heavy atom. The monoisotopic (exact) mass is 370 g/mol. The Morgan fingerprint density at radius 1 is 1.04 bits per heavy atom. The van der Waals surface area contributed by atoms with Gasteiger partial charge in [0.1, 0.15) is 0 Å². The van der Waals surface area contributed by atoms with Crippen LogP contribution in [-0.2, 0) is 34.1 Å². The van der Waals surface area contributed by atoms with Crippen molar-refractivity contribution in [3.8, 4) is 0 Å². The van der Waals surface area contributed by atoms with Crippen LogP contribution >= 0.6 is 0 Å².